The quantitative estimate of drug-likeness (QED) is 0.617. The van der Waals surface area contributed by atoms with E-state index in [1.165, 1.54) is 4.88 Å². The molecule has 0 bridgehead atoms. The Kier molecular flexibility index (Phi) is 6.59. The van der Waals surface area contributed by atoms with Crippen LogP contribution in [-0.2, 0) is 11.2 Å². The van der Waals surface area contributed by atoms with E-state index < -0.39 is 0 Å². The minimum Gasteiger partial charge on any atom is -0.354 e. The SMILES string of the molecule is Cc1cc(C)cc(C(=O)NCC(=O)NCCc2ccc(-c3csc(C)n3)s2)c1. The molecule has 0 aliphatic rings. The number of hydrogen-bond acceptors (Lipinski definition) is 5. The van der Waals surface area contributed by atoms with E-state index in [9.17, 15) is 9.59 Å². The Morgan fingerprint density at radius 3 is 2.46 bits per heavy atom. The number of benzene rings is 1. The molecule has 0 saturated carbocycles. The van der Waals surface area contributed by atoms with Crippen molar-refractivity contribution in [3.8, 4) is 10.6 Å². The van der Waals surface area contributed by atoms with E-state index in [0.29, 0.717) is 12.1 Å². The molecule has 3 rings (SSSR count). The van der Waals surface area contributed by atoms with Crippen molar-refractivity contribution in [2.24, 2.45) is 0 Å². The first kappa shape index (κ1) is 20.2. The van der Waals surface area contributed by atoms with Crippen LogP contribution >= 0.6 is 22.7 Å². The molecule has 5 nitrogen and oxygen atoms in total. The van der Waals surface area contributed by atoms with Gasteiger partial charge in [0.05, 0.1) is 22.1 Å². The molecule has 146 valence electrons. The van der Waals surface area contributed by atoms with Gasteiger partial charge in [-0.1, -0.05) is 17.2 Å². The average Bonchev–Trinajstić information content (AvgIpc) is 3.27. The minimum atomic E-state index is -0.233. The number of rotatable bonds is 7. The average molecular weight is 414 g/mol. The number of carbonyl (C=O) groups is 2. The maximum absolute atomic E-state index is 12.2. The van der Waals surface area contributed by atoms with E-state index >= 15 is 0 Å². The van der Waals surface area contributed by atoms with Crippen LogP contribution in [0.3, 0.4) is 0 Å². The molecule has 0 unspecified atom stereocenters. The number of hydrogen-bond donors (Lipinski definition) is 2. The van der Waals surface area contributed by atoms with Crippen LogP contribution in [0, 0.1) is 20.8 Å². The summed E-state index contributed by atoms with van der Waals surface area (Å²) in [5.41, 5.74) is 3.64. The van der Waals surface area contributed by atoms with Crippen molar-refractivity contribution in [3.63, 3.8) is 0 Å². The molecule has 0 atom stereocenters. The van der Waals surface area contributed by atoms with Gasteiger partial charge >= 0.3 is 0 Å². The second-order valence-electron chi connectivity index (χ2n) is 6.68. The van der Waals surface area contributed by atoms with Gasteiger partial charge in [0.15, 0.2) is 0 Å². The highest BCUT2D eigenvalue weighted by Gasteiger charge is 2.10. The molecule has 2 amide bonds. The zero-order valence-electron chi connectivity index (χ0n) is 16.2. The monoisotopic (exact) mass is 413 g/mol. The van der Waals surface area contributed by atoms with Gasteiger partial charge < -0.3 is 10.6 Å². The van der Waals surface area contributed by atoms with E-state index in [1.807, 2.05) is 39.0 Å². The van der Waals surface area contributed by atoms with Gasteiger partial charge in [0.25, 0.3) is 5.91 Å². The van der Waals surface area contributed by atoms with Crippen LogP contribution in [0.4, 0.5) is 0 Å². The molecule has 3 aromatic rings. The van der Waals surface area contributed by atoms with Crippen molar-refractivity contribution in [2.75, 3.05) is 13.1 Å². The summed E-state index contributed by atoms with van der Waals surface area (Å²) in [6, 6.07) is 9.79. The Hall–Kier alpha value is -2.51. The van der Waals surface area contributed by atoms with Crippen molar-refractivity contribution in [2.45, 2.75) is 27.2 Å². The highest BCUT2D eigenvalue weighted by molar-refractivity contribution is 7.16. The van der Waals surface area contributed by atoms with Crippen LogP contribution in [-0.4, -0.2) is 29.9 Å². The van der Waals surface area contributed by atoms with Gasteiger partial charge in [0, 0.05) is 22.4 Å². The Bertz CT molecular complexity index is 971. The molecule has 2 N–H and O–H groups in total. The maximum atomic E-state index is 12.2. The Morgan fingerprint density at radius 1 is 1.04 bits per heavy atom. The molecule has 0 aliphatic carbocycles. The number of amides is 2. The lowest BCUT2D eigenvalue weighted by atomic mass is 10.1. The first-order valence-electron chi connectivity index (χ1n) is 9.05. The molecule has 0 spiro atoms. The van der Waals surface area contributed by atoms with Gasteiger partial charge in [0.2, 0.25) is 5.91 Å². The van der Waals surface area contributed by atoms with E-state index in [-0.39, 0.29) is 18.4 Å². The summed E-state index contributed by atoms with van der Waals surface area (Å²) in [6.07, 6.45) is 0.755. The van der Waals surface area contributed by atoms with E-state index in [0.717, 1.165) is 33.1 Å². The zero-order chi connectivity index (χ0) is 20.1. The summed E-state index contributed by atoms with van der Waals surface area (Å²) >= 11 is 3.33. The van der Waals surface area contributed by atoms with Crippen LogP contribution in [0.15, 0.2) is 35.7 Å². The van der Waals surface area contributed by atoms with Crippen molar-refractivity contribution in [1.29, 1.82) is 0 Å². The Balaban J connectivity index is 1.42. The van der Waals surface area contributed by atoms with Gasteiger partial charge in [-0.25, -0.2) is 4.98 Å². The van der Waals surface area contributed by atoms with Crippen LogP contribution in [0.5, 0.6) is 0 Å². The predicted octanol–water partition coefficient (Wildman–Crippen LogP) is 3.89. The number of nitrogens with one attached hydrogen (secondary N) is 2. The maximum Gasteiger partial charge on any atom is 0.251 e. The number of thiazole rings is 1. The fraction of sp³-hybridized carbons (Fsp3) is 0.286. The molecule has 2 heterocycles. The predicted molar refractivity (Wildman–Crippen MR) is 115 cm³/mol. The molecule has 2 aromatic heterocycles. The standard InChI is InChI=1S/C21H23N3O2S2/c1-13-8-14(2)10-16(9-13)21(26)23-11-20(25)22-7-6-17-4-5-19(28-17)18-12-27-15(3)24-18/h4-5,8-10,12H,6-7,11H2,1-3H3,(H,22,25)(H,23,26). The summed E-state index contributed by atoms with van der Waals surface area (Å²) < 4.78 is 0. The van der Waals surface area contributed by atoms with E-state index in [2.05, 4.69) is 33.1 Å². The molecule has 28 heavy (non-hydrogen) atoms. The fourth-order valence-electron chi connectivity index (χ4n) is 2.88. The molecular formula is C21H23N3O2S2. The Labute approximate surface area is 172 Å². The van der Waals surface area contributed by atoms with Crippen molar-refractivity contribution < 1.29 is 9.59 Å². The molecule has 0 fully saturated rings. The number of aryl methyl sites for hydroxylation is 3. The molecule has 0 radical (unpaired) electrons. The summed E-state index contributed by atoms with van der Waals surface area (Å²) in [4.78, 5) is 31.0. The highest BCUT2D eigenvalue weighted by Crippen LogP contribution is 2.29. The topological polar surface area (TPSA) is 71.1 Å². The molecule has 7 heteroatoms. The first-order valence-corrected chi connectivity index (χ1v) is 10.7. The smallest absolute Gasteiger partial charge is 0.251 e. The minimum absolute atomic E-state index is 0.0282. The molecular weight excluding hydrogens is 390 g/mol. The molecule has 0 saturated heterocycles. The third-order valence-electron chi connectivity index (χ3n) is 4.12. The van der Waals surface area contributed by atoms with Gasteiger partial charge in [-0.15, -0.1) is 22.7 Å². The number of carbonyl (C=O) groups excluding carboxylic acids is 2. The highest BCUT2D eigenvalue weighted by atomic mass is 32.1. The van der Waals surface area contributed by atoms with Gasteiger partial charge in [-0.05, 0) is 51.5 Å². The number of thiophene rings is 1. The van der Waals surface area contributed by atoms with Gasteiger partial charge in [-0.3, -0.25) is 9.59 Å². The zero-order valence-corrected chi connectivity index (χ0v) is 17.8. The van der Waals surface area contributed by atoms with Crippen LogP contribution < -0.4 is 10.6 Å². The summed E-state index contributed by atoms with van der Waals surface area (Å²) in [6.45, 7) is 6.40. The largest absolute Gasteiger partial charge is 0.354 e. The first-order chi connectivity index (χ1) is 13.4. The van der Waals surface area contributed by atoms with Crippen LogP contribution in [0.25, 0.3) is 10.6 Å². The normalized spacial score (nSPS) is 10.7. The van der Waals surface area contributed by atoms with Crippen molar-refractivity contribution >= 4 is 34.5 Å². The van der Waals surface area contributed by atoms with Gasteiger partial charge in [0.1, 0.15) is 0 Å². The second-order valence-corrected chi connectivity index (χ2v) is 8.91. The lowest BCUT2D eigenvalue weighted by molar-refractivity contribution is -0.120. The van der Waals surface area contributed by atoms with Crippen LogP contribution in [0.1, 0.15) is 31.4 Å². The third kappa shape index (κ3) is 5.50. The Morgan fingerprint density at radius 2 is 1.79 bits per heavy atom. The fourth-order valence-corrected chi connectivity index (χ4v) is 4.54. The third-order valence-corrected chi connectivity index (χ3v) is 6.06. The summed E-state index contributed by atoms with van der Waals surface area (Å²) in [5, 5.41) is 8.64. The lowest BCUT2D eigenvalue weighted by Gasteiger charge is -2.08. The van der Waals surface area contributed by atoms with E-state index in [4.69, 9.17) is 0 Å². The van der Waals surface area contributed by atoms with E-state index in [1.54, 1.807) is 22.7 Å². The number of nitrogens with zero attached hydrogens (tertiary/aromatic N) is 1. The molecule has 0 aliphatic heterocycles. The van der Waals surface area contributed by atoms with Crippen molar-refractivity contribution in [1.82, 2.24) is 15.6 Å². The number of aromatic nitrogens is 1. The summed E-state index contributed by atoms with van der Waals surface area (Å²) in [7, 11) is 0. The van der Waals surface area contributed by atoms with Gasteiger partial charge in [-0.2, -0.15) is 0 Å². The molecule has 1 aromatic carbocycles. The second kappa shape index (κ2) is 9.12. The summed E-state index contributed by atoms with van der Waals surface area (Å²) in [5.74, 6) is -0.423. The lowest BCUT2D eigenvalue weighted by Crippen LogP contribution is -2.37. The van der Waals surface area contributed by atoms with Crippen molar-refractivity contribution in [3.05, 3.63) is 62.3 Å². The van der Waals surface area contributed by atoms with Crippen LogP contribution in [0.2, 0.25) is 0 Å².